The fourth-order valence-corrected chi connectivity index (χ4v) is 1.97. The Morgan fingerprint density at radius 3 is 2.78 bits per heavy atom. The van der Waals surface area contributed by atoms with Crippen LogP contribution in [0.1, 0.15) is 18.4 Å². The third kappa shape index (κ3) is 2.25. The minimum Gasteiger partial charge on any atom is -0.273 e. The molecule has 18 heavy (non-hydrogen) atoms. The number of carbonyl (C=O) groups is 1. The first-order valence-electron chi connectivity index (χ1n) is 6.15. The number of benzene rings is 2. The van der Waals surface area contributed by atoms with E-state index in [1.807, 2.05) is 24.3 Å². The van der Waals surface area contributed by atoms with Gasteiger partial charge in [0.1, 0.15) is 0 Å². The zero-order chi connectivity index (χ0) is 12.4. The van der Waals surface area contributed by atoms with E-state index >= 15 is 0 Å². The molecule has 3 heteroatoms. The highest BCUT2D eigenvalue weighted by Gasteiger charge is 2.29. The molecule has 3 rings (SSSR count). The minimum absolute atomic E-state index is 0.0338. The Kier molecular flexibility index (Phi) is 2.81. The molecule has 0 saturated heterocycles. The van der Waals surface area contributed by atoms with Crippen LogP contribution in [0.2, 0.25) is 0 Å². The second-order valence-electron chi connectivity index (χ2n) is 4.58. The summed E-state index contributed by atoms with van der Waals surface area (Å²) in [6.07, 6.45) is 3.70. The van der Waals surface area contributed by atoms with Gasteiger partial charge in [-0.15, -0.1) is 0 Å². The summed E-state index contributed by atoms with van der Waals surface area (Å²) in [6, 6.07) is 14.2. The largest absolute Gasteiger partial charge is 0.273 e. The SMILES string of the molecule is O=C(N/N=C/c1cccc2ccccc12)C1CC1. The fourth-order valence-electron chi connectivity index (χ4n) is 1.97. The van der Waals surface area contributed by atoms with Crippen LogP contribution in [0, 0.1) is 5.92 Å². The molecular formula is C15H14N2O. The molecule has 0 atom stereocenters. The molecule has 2 aromatic carbocycles. The van der Waals surface area contributed by atoms with E-state index in [1.165, 1.54) is 5.39 Å². The predicted octanol–water partition coefficient (Wildman–Crippen LogP) is 2.70. The molecule has 1 amide bonds. The van der Waals surface area contributed by atoms with E-state index in [4.69, 9.17) is 0 Å². The predicted molar refractivity (Wildman–Crippen MR) is 72.4 cm³/mol. The first kappa shape index (κ1) is 11.0. The standard InChI is InChI=1S/C15H14N2O/c18-15(12-8-9-12)17-16-10-13-6-3-5-11-4-1-2-7-14(11)13/h1-7,10,12H,8-9H2,(H,17,18)/b16-10+. The number of nitrogens with one attached hydrogen (secondary N) is 1. The van der Waals surface area contributed by atoms with Gasteiger partial charge in [-0.25, -0.2) is 5.43 Å². The van der Waals surface area contributed by atoms with E-state index < -0.39 is 0 Å². The van der Waals surface area contributed by atoms with Crippen molar-refractivity contribution in [3.05, 3.63) is 48.0 Å². The third-order valence-corrected chi connectivity index (χ3v) is 3.15. The van der Waals surface area contributed by atoms with Crippen molar-refractivity contribution in [1.29, 1.82) is 0 Å². The number of hydrogen-bond donors (Lipinski definition) is 1. The summed E-state index contributed by atoms with van der Waals surface area (Å²) in [6.45, 7) is 0. The topological polar surface area (TPSA) is 41.5 Å². The van der Waals surface area contributed by atoms with Gasteiger partial charge in [-0.1, -0.05) is 42.5 Å². The van der Waals surface area contributed by atoms with Gasteiger partial charge in [-0.2, -0.15) is 5.10 Å². The van der Waals surface area contributed by atoms with Crippen LogP contribution < -0.4 is 5.43 Å². The van der Waals surface area contributed by atoms with Crippen LogP contribution in [0.15, 0.2) is 47.6 Å². The summed E-state index contributed by atoms with van der Waals surface area (Å²) in [5.41, 5.74) is 3.61. The summed E-state index contributed by atoms with van der Waals surface area (Å²) in [7, 11) is 0. The van der Waals surface area contributed by atoms with Gasteiger partial charge in [0, 0.05) is 11.5 Å². The fraction of sp³-hybridized carbons (Fsp3) is 0.200. The van der Waals surface area contributed by atoms with E-state index in [2.05, 4.69) is 28.7 Å². The van der Waals surface area contributed by atoms with E-state index in [9.17, 15) is 4.79 Å². The zero-order valence-electron chi connectivity index (χ0n) is 9.97. The first-order chi connectivity index (χ1) is 8.84. The summed E-state index contributed by atoms with van der Waals surface area (Å²) in [4.78, 5) is 11.4. The van der Waals surface area contributed by atoms with E-state index in [-0.39, 0.29) is 11.8 Å². The summed E-state index contributed by atoms with van der Waals surface area (Å²) in [5.74, 6) is 0.223. The second kappa shape index (κ2) is 4.61. The lowest BCUT2D eigenvalue weighted by Gasteiger charge is -2.01. The highest BCUT2D eigenvalue weighted by atomic mass is 16.2. The third-order valence-electron chi connectivity index (χ3n) is 3.15. The molecular weight excluding hydrogens is 224 g/mol. The zero-order valence-corrected chi connectivity index (χ0v) is 9.97. The average Bonchev–Trinajstić information content (AvgIpc) is 3.23. The molecule has 0 bridgehead atoms. The lowest BCUT2D eigenvalue weighted by atomic mass is 10.1. The van der Waals surface area contributed by atoms with Crippen LogP contribution in [0.4, 0.5) is 0 Å². The molecule has 1 aliphatic carbocycles. The van der Waals surface area contributed by atoms with Crippen LogP contribution >= 0.6 is 0 Å². The van der Waals surface area contributed by atoms with E-state index in [1.54, 1.807) is 6.21 Å². The van der Waals surface area contributed by atoms with Gasteiger partial charge in [-0.05, 0) is 23.6 Å². The summed E-state index contributed by atoms with van der Waals surface area (Å²) < 4.78 is 0. The van der Waals surface area contributed by atoms with Crippen molar-refractivity contribution in [2.45, 2.75) is 12.8 Å². The lowest BCUT2D eigenvalue weighted by molar-refractivity contribution is -0.122. The number of carbonyl (C=O) groups excluding carboxylic acids is 1. The molecule has 0 aromatic heterocycles. The molecule has 0 spiro atoms. The van der Waals surface area contributed by atoms with Crippen LogP contribution in [0.25, 0.3) is 10.8 Å². The molecule has 3 nitrogen and oxygen atoms in total. The van der Waals surface area contributed by atoms with Gasteiger partial charge in [0.05, 0.1) is 6.21 Å². The van der Waals surface area contributed by atoms with E-state index in [0.717, 1.165) is 23.8 Å². The van der Waals surface area contributed by atoms with Gasteiger partial charge < -0.3 is 0 Å². The number of rotatable bonds is 3. The molecule has 0 heterocycles. The van der Waals surface area contributed by atoms with Crippen LogP contribution in [-0.4, -0.2) is 12.1 Å². The maximum atomic E-state index is 11.4. The van der Waals surface area contributed by atoms with Crippen molar-refractivity contribution in [2.24, 2.45) is 11.0 Å². The van der Waals surface area contributed by atoms with E-state index in [0.29, 0.717) is 0 Å². The highest BCUT2D eigenvalue weighted by Crippen LogP contribution is 2.28. The second-order valence-corrected chi connectivity index (χ2v) is 4.58. The number of hydrogen-bond acceptors (Lipinski definition) is 2. The molecule has 1 saturated carbocycles. The number of amides is 1. The van der Waals surface area contributed by atoms with Gasteiger partial charge in [0.2, 0.25) is 5.91 Å². The summed E-state index contributed by atoms with van der Waals surface area (Å²) in [5, 5.41) is 6.35. The number of hydrazone groups is 1. The Hall–Kier alpha value is -2.16. The molecule has 2 aromatic rings. The molecule has 0 unspecified atom stereocenters. The Labute approximate surface area is 106 Å². The van der Waals surface area contributed by atoms with Crippen molar-refractivity contribution in [2.75, 3.05) is 0 Å². The number of fused-ring (bicyclic) bond motifs is 1. The maximum absolute atomic E-state index is 11.4. The minimum atomic E-state index is 0.0338. The van der Waals surface area contributed by atoms with Crippen molar-refractivity contribution in [1.82, 2.24) is 5.43 Å². The van der Waals surface area contributed by atoms with Crippen LogP contribution in [0.5, 0.6) is 0 Å². The first-order valence-corrected chi connectivity index (χ1v) is 6.15. The van der Waals surface area contributed by atoms with Crippen molar-refractivity contribution in [3.63, 3.8) is 0 Å². The Morgan fingerprint density at radius 2 is 1.94 bits per heavy atom. The number of nitrogens with zero attached hydrogens (tertiary/aromatic N) is 1. The molecule has 90 valence electrons. The van der Waals surface area contributed by atoms with Crippen molar-refractivity contribution >= 4 is 22.9 Å². The normalized spacial score (nSPS) is 15.1. The maximum Gasteiger partial charge on any atom is 0.243 e. The molecule has 0 radical (unpaired) electrons. The molecule has 1 fully saturated rings. The monoisotopic (exact) mass is 238 g/mol. The van der Waals surface area contributed by atoms with Crippen molar-refractivity contribution in [3.8, 4) is 0 Å². The van der Waals surface area contributed by atoms with Gasteiger partial charge >= 0.3 is 0 Å². The average molecular weight is 238 g/mol. The molecule has 1 aliphatic rings. The molecule has 1 N–H and O–H groups in total. The van der Waals surface area contributed by atoms with Gasteiger partial charge in [-0.3, -0.25) is 4.79 Å². The Bertz CT molecular complexity index is 609. The smallest absolute Gasteiger partial charge is 0.243 e. The highest BCUT2D eigenvalue weighted by molar-refractivity contribution is 6.00. The lowest BCUT2D eigenvalue weighted by Crippen LogP contribution is -2.18. The van der Waals surface area contributed by atoms with Gasteiger partial charge in [0.25, 0.3) is 0 Å². The Balaban J connectivity index is 1.81. The Morgan fingerprint density at radius 1 is 1.17 bits per heavy atom. The quantitative estimate of drug-likeness (QED) is 0.648. The molecule has 0 aliphatic heterocycles. The van der Waals surface area contributed by atoms with Crippen LogP contribution in [0.3, 0.4) is 0 Å². The summed E-state index contributed by atoms with van der Waals surface area (Å²) >= 11 is 0. The van der Waals surface area contributed by atoms with Crippen LogP contribution in [-0.2, 0) is 4.79 Å². The van der Waals surface area contributed by atoms with Gasteiger partial charge in [0.15, 0.2) is 0 Å². The van der Waals surface area contributed by atoms with Crippen molar-refractivity contribution < 1.29 is 4.79 Å².